The van der Waals surface area contributed by atoms with Crippen LogP contribution in [0, 0.1) is 5.95 Å². The molecule has 1 fully saturated rings. The minimum Gasteiger partial charge on any atom is -0.358 e. The molecule has 5 aromatic rings. The van der Waals surface area contributed by atoms with Crippen LogP contribution in [-0.2, 0) is 5.41 Å². The molecule has 0 aliphatic heterocycles. The number of imidazole rings is 1. The first kappa shape index (κ1) is 22.0. The van der Waals surface area contributed by atoms with Crippen LogP contribution in [0.5, 0.6) is 0 Å². The number of carbonyl (C=O) groups is 1. The summed E-state index contributed by atoms with van der Waals surface area (Å²) in [6.45, 7) is 3.96. The molecule has 1 saturated carbocycles. The molecule has 0 aromatic carbocycles. The summed E-state index contributed by atoms with van der Waals surface area (Å²) in [5.41, 5.74) is 3.68. The summed E-state index contributed by atoms with van der Waals surface area (Å²) in [5, 5.41) is 6.92. The lowest BCUT2D eigenvalue weighted by Gasteiger charge is -2.10. The van der Waals surface area contributed by atoms with Crippen LogP contribution in [-0.4, -0.2) is 41.0 Å². The average molecular weight is 484 g/mol. The van der Waals surface area contributed by atoms with Gasteiger partial charge in [-0.1, -0.05) is 12.1 Å². The molecular formula is C25H21FN8O2. The molecule has 1 aliphatic rings. The summed E-state index contributed by atoms with van der Waals surface area (Å²) in [6.07, 6.45) is 4.83. The van der Waals surface area contributed by atoms with Crippen molar-refractivity contribution in [3.05, 3.63) is 72.0 Å². The van der Waals surface area contributed by atoms with E-state index < -0.39 is 17.9 Å². The van der Waals surface area contributed by atoms with E-state index in [0.717, 1.165) is 24.1 Å². The summed E-state index contributed by atoms with van der Waals surface area (Å²) in [6, 6.07) is 9.70. The van der Waals surface area contributed by atoms with Gasteiger partial charge < -0.3 is 14.8 Å². The zero-order valence-corrected chi connectivity index (χ0v) is 19.5. The minimum absolute atomic E-state index is 0.0818. The Labute approximate surface area is 204 Å². The molecular weight excluding hydrogens is 463 g/mol. The summed E-state index contributed by atoms with van der Waals surface area (Å²) in [4.78, 5) is 37.0. The van der Waals surface area contributed by atoms with Gasteiger partial charge in [-0.25, -0.2) is 24.9 Å². The first-order valence-electron chi connectivity index (χ1n) is 11.5. The lowest BCUT2D eigenvalue weighted by atomic mass is 10.1. The van der Waals surface area contributed by atoms with E-state index in [2.05, 4.69) is 42.3 Å². The number of hydrogen-bond donors (Lipinski definition) is 2. The number of aromatic nitrogens is 7. The molecule has 1 unspecified atom stereocenters. The van der Waals surface area contributed by atoms with Gasteiger partial charge in [-0.2, -0.15) is 4.39 Å². The Morgan fingerprint density at radius 1 is 1.14 bits per heavy atom. The van der Waals surface area contributed by atoms with E-state index in [0.29, 0.717) is 22.9 Å². The van der Waals surface area contributed by atoms with Gasteiger partial charge in [0.05, 0.1) is 17.3 Å². The minimum atomic E-state index is -0.677. The Bertz CT molecular complexity index is 1610. The van der Waals surface area contributed by atoms with Crippen molar-refractivity contribution in [3.63, 3.8) is 0 Å². The smallest absolute Gasteiger partial charge is 0.270 e. The van der Waals surface area contributed by atoms with Gasteiger partial charge in [0.1, 0.15) is 23.2 Å². The molecule has 36 heavy (non-hydrogen) atoms. The fourth-order valence-corrected chi connectivity index (χ4v) is 3.95. The van der Waals surface area contributed by atoms with E-state index in [4.69, 9.17) is 9.51 Å². The summed E-state index contributed by atoms with van der Waals surface area (Å²) >= 11 is 0. The number of nitrogens with zero attached hydrogens (tertiary/aromatic N) is 6. The van der Waals surface area contributed by atoms with Crippen molar-refractivity contribution >= 4 is 17.1 Å². The summed E-state index contributed by atoms with van der Waals surface area (Å²) in [7, 11) is 0. The van der Waals surface area contributed by atoms with Crippen LogP contribution in [0.1, 0.15) is 54.7 Å². The number of halogens is 1. The molecule has 180 valence electrons. The van der Waals surface area contributed by atoms with Crippen molar-refractivity contribution in [2.45, 2.75) is 38.1 Å². The molecule has 1 aliphatic carbocycles. The standard InChI is InChI=1S/C25H21FN8O2/c1-13(30-24(35)18-10-16(28-12-29-18)14-4-3-9-27-21(14)26)19-11-17(34-36-19)23-31-15-5-6-20(25(2)7-8-25)32-22(15)33-23/h3-6,9-13H,7-8H2,1-2H3,(H,30,35)(H,31,32,33). The van der Waals surface area contributed by atoms with Gasteiger partial charge in [0, 0.05) is 23.4 Å². The maximum Gasteiger partial charge on any atom is 0.270 e. The Kier molecular flexibility index (Phi) is 5.06. The second kappa shape index (κ2) is 8.29. The number of rotatable bonds is 6. The second-order valence-electron chi connectivity index (χ2n) is 9.15. The predicted octanol–water partition coefficient (Wildman–Crippen LogP) is 4.15. The van der Waals surface area contributed by atoms with Gasteiger partial charge in [0.15, 0.2) is 17.2 Å². The molecule has 0 spiro atoms. The van der Waals surface area contributed by atoms with E-state index in [9.17, 15) is 9.18 Å². The highest BCUT2D eigenvalue weighted by Crippen LogP contribution is 2.46. The first-order chi connectivity index (χ1) is 17.4. The van der Waals surface area contributed by atoms with Crippen LogP contribution in [0.2, 0.25) is 0 Å². The zero-order chi connectivity index (χ0) is 24.9. The number of fused-ring (bicyclic) bond motifs is 1. The third-order valence-electron chi connectivity index (χ3n) is 6.44. The number of amides is 1. The number of aromatic amines is 1. The third kappa shape index (κ3) is 3.98. The van der Waals surface area contributed by atoms with Gasteiger partial charge >= 0.3 is 0 Å². The maximum absolute atomic E-state index is 14.0. The number of hydrogen-bond acceptors (Lipinski definition) is 8. The summed E-state index contributed by atoms with van der Waals surface area (Å²) in [5.74, 6) is -0.181. The van der Waals surface area contributed by atoms with Crippen molar-refractivity contribution in [1.29, 1.82) is 0 Å². The first-order valence-corrected chi connectivity index (χ1v) is 11.5. The quantitative estimate of drug-likeness (QED) is 0.343. The van der Waals surface area contributed by atoms with Crippen LogP contribution in [0.4, 0.5) is 4.39 Å². The Morgan fingerprint density at radius 2 is 2.00 bits per heavy atom. The Morgan fingerprint density at radius 3 is 2.81 bits per heavy atom. The van der Waals surface area contributed by atoms with E-state index in [1.165, 1.54) is 24.7 Å². The molecule has 6 rings (SSSR count). The van der Waals surface area contributed by atoms with Crippen molar-refractivity contribution in [2.75, 3.05) is 0 Å². The maximum atomic E-state index is 14.0. The van der Waals surface area contributed by atoms with Crippen LogP contribution >= 0.6 is 0 Å². The molecule has 0 bridgehead atoms. The van der Waals surface area contributed by atoms with Crippen LogP contribution in [0.15, 0.2) is 53.4 Å². The Balaban J connectivity index is 1.19. The van der Waals surface area contributed by atoms with Crippen LogP contribution in [0.25, 0.3) is 33.9 Å². The van der Waals surface area contributed by atoms with Gasteiger partial charge in [0.2, 0.25) is 5.95 Å². The van der Waals surface area contributed by atoms with Crippen molar-refractivity contribution < 1.29 is 13.7 Å². The molecule has 10 nitrogen and oxygen atoms in total. The monoisotopic (exact) mass is 484 g/mol. The van der Waals surface area contributed by atoms with E-state index in [1.807, 2.05) is 12.1 Å². The summed E-state index contributed by atoms with van der Waals surface area (Å²) < 4.78 is 19.5. The predicted molar refractivity (Wildman–Crippen MR) is 127 cm³/mol. The highest BCUT2D eigenvalue weighted by atomic mass is 19.1. The SMILES string of the molecule is CC(NC(=O)c1cc(-c2cccnc2F)ncn1)c1cc(-c2nc3ccc(C4(C)CC4)nc3[nH]2)no1. The molecule has 0 saturated heterocycles. The molecule has 5 aromatic heterocycles. The molecule has 11 heteroatoms. The highest BCUT2D eigenvalue weighted by Gasteiger charge is 2.40. The largest absolute Gasteiger partial charge is 0.358 e. The Hall–Kier alpha value is -4.54. The third-order valence-corrected chi connectivity index (χ3v) is 6.44. The van der Waals surface area contributed by atoms with Crippen LogP contribution in [0.3, 0.4) is 0 Å². The molecule has 1 atom stereocenters. The van der Waals surface area contributed by atoms with Gasteiger partial charge in [0.25, 0.3) is 5.91 Å². The normalized spacial score (nSPS) is 15.1. The zero-order valence-electron chi connectivity index (χ0n) is 19.5. The molecule has 0 radical (unpaired) electrons. The van der Waals surface area contributed by atoms with E-state index in [1.54, 1.807) is 19.1 Å². The van der Waals surface area contributed by atoms with Crippen molar-refractivity contribution in [2.24, 2.45) is 0 Å². The lowest BCUT2D eigenvalue weighted by Crippen LogP contribution is -2.27. The fraction of sp³-hybridized carbons (Fsp3) is 0.240. The molecule has 2 N–H and O–H groups in total. The highest BCUT2D eigenvalue weighted by molar-refractivity contribution is 5.93. The van der Waals surface area contributed by atoms with Crippen LogP contribution < -0.4 is 5.32 Å². The number of H-pyrrole nitrogens is 1. The number of nitrogens with one attached hydrogen (secondary N) is 2. The molecule has 1 amide bonds. The average Bonchev–Trinajstić information content (AvgIpc) is 3.29. The van der Waals surface area contributed by atoms with Crippen molar-refractivity contribution in [1.82, 2.24) is 40.4 Å². The number of carbonyl (C=O) groups excluding carboxylic acids is 1. The second-order valence-corrected chi connectivity index (χ2v) is 9.15. The fourth-order valence-electron chi connectivity index (χ4n) is 3.95. The van der Waals surface area contributed by atoms with Gasteiger partial charge in [-0.15, -0.1) is 0 Å². The lowest BCUT2D eigenvalue weighted by molar-refractivity contribution is 0.0928. The van der Waals surface area contributed by atoms with Gasteiger partial charge in [-0.3, -0.25) is 4.79 Å². The van der Waals surface area contributed by atoms with Gasteiger partial charge in [-0.05, 0) is 50.1 Å². The van der Waals surface area contributed by atoms with E-state index >= 15 is 0 Å². The molecule has 5 heterocycles. The number of pyridine rings is 2. The topological polar surface area (TPSA) is 135 Å². The van der Waals surface area contributed by atoms with E-state index in [-0.39, 0.29) is 22.4 Å². The van der Waals surface area contributed by atoms with Crippen molar-refractivity contribution in [3.8, 4) is 22.8 Å².